The number of benzene rings is 1. The zero-order valence-corrected chi connectivity index (χ0v) is 9.14. The molecule has 1 aromatic carbocycles. The highest BCUT2D eigenvalue weighted by Gasteiger charge is 2.38. The van der Waals surface area contributed by atoms with Gasteiger partial charge in [0.05, 0.1) is 24.7 Å². The number of hydrogen-bond donors (Lipinski definition) is 0. The highest BCUT2D eigenvalue weighted by Crippen LogP contribution is 2.45. The van der Waals surface area contributed by atoms with Crippen LogP contribution in [0.2, 0.25) is 0 Å². The van der Waals surface area contributed by atoms with Gasteiger partial charge in [0.2, 0.25) is 0 Å². The van der Waals surface area contributed by atoms with Crippen molar-refractivity contribution in [1.29, 1.82) is 5.26 Å². The van der Waals surface area contributed by atoms with Crippen LogP contribution in [0.25, 0.3) is 0 Å². The Labute approximate surface area is 96.6 Å². The smallest absolute Gasteiger partial charge is 0.416 e. The molecule has 1 aliphatic carbocycles. The number of alkyl halides is 3. The van der Waals surface area contributed by atoms with Crippen molar-refractivity contribution in [2.24, 2.45) is 0 Å². The van der Waals surface area contributed by atoms with Gasteiger partial charge in [-0.3, -0.25) is 0 Å². The molecule has 0 heterocycles. The number of hydrogen-bond acceptors (Lipinski definition) is 2. The number of halogens is 3. The average molecular weight is 241 g/mol. The fourth-order valence-electron chi connectivity index (χ4n) is 2.30. The van der Waals surface area contributed by atoms with Gasteiger partial charge in [-0.1, -0.05) is 0 Å². The summed E-state index contributed by atoms with van der Waals surface area (Å²) in [4.78, 5) is 0. The Morgan fingerprint density at radius 2 is 2.12 bits per heavy atom. The highest BCUT2D eigenvalue weighted by molar-refractivity contribution is 5.53. The molecule has 17 heavy (non-hydrogen) atoms. The molecule has 0 saturated heterocycles. The van der Waals surface area contributed by atoms with Crippen LogP contribution in [0, 0.1) is 11.3 Å². The molecular formula is C12H10F3NO. The molecule has 1 aliphatic rings. The molecule has 1 aromatic rings. The summed E-state index contributed by atoms with van der Waals surface area (Å²) in [5.74, 6) is -0.126. The lowest BCUT2D eigenvalue weighted by atomic mass is 9.98. The van der Waals surface area contributed by atoms with E-state index in [1.54, 1.807) is 0 Å². The zero-order chi connectivity index (χ0) is 12.6. The Morgan fingerprint density at radius 1 is 1.41 bits per heavy atom. The van der Waals surface area contributed by atoms with E-state index in [2.05, 4.69) is 0 Å². The van der Waals surface area contributed by atoms with Gasteiger partial charge in [-0.25, -0.2) is 0 Å². The molecule has 0 fully saturated rings. The first-order valence-corrected chi connectivity index (χ1v) is 5.15. The van der Waals surface area contributed by atoms with Crippen molar-refractivity contribution in [1.82, 2.24) is 0 Å². The molecule has 90 valence electrons. The van der Waals surface area contributed by atoms with Crippen LogP contribution in [0.1, 0.15) is 29.0 Å². The van der Waals surface area contributed by atoms with E-state index in [1.807, 2.05) is 6.07 Å². The van der Waals surface area contributed by atoms with Crippen molar-refractivity contribution in [2.45, 2.75) is 24.9 Å². The molecule has 5 heteroatoms. The Morgan fingerprint density at radius 3 is 2.65 bits per heavy atom. The van der Waals surface area contributed by atoms with Crippen LogP contribution in [0.5, 0.6) is 5.75 Å². The summed E-state index contributed by atoms with van der Waals surface area (Å²) in [6.45, 7) is 0. The normalized spacial score (nSPS) is 18.6. The minimum atomic E-state index is -4.37. The van der Waals surface area contributed by atoms with E-state index in [9.17, 15) is 13.2 Å². The van der Waals surface area contributed by atoms with Gasteiger partial charge in [0, 0.05) is 5.56 Å². The third kappa shape index (κ3) is 1.84. The Balaban J connectivity index is 2.64. The molecule has 2 rings (SSSR count). The Bertz CT molecular complexity index is 488. The van der Waals surface area contributed by atoms with E-state index < -0.39 is 17.7 Å². The summed E-state index contributed by atoms with van der Waals surface area (Å²) in [5.41, 5.74) is -0.0284. The number of methoxy groups -OCH3 is 1. The molecule has 0 aromatic heterocycles. The predicted octanol–water partition coefficient (Wildman–Crippen LogP) is 3.27. The van der Waals surface area contributed by atoms with Gasteiger partial charge in [0.1, 0.15) is 5.75 Å². The van der Waals surface area contributed by atoms with Gasteiger partial charge in [-0.05, 0) is 30.5 Å². The number of fused-ring (bicyclic) bond motifs is 1. The maximum atomic E-state index is 12.8. The van der Waals surface area contributed by atoms with Crippen molar-refractivity contribution in [3.05, 3.63) is 28.8 Å². The first kappa shape index (κ1) is 11.8. The largest absolute Gasteiger partial charge is 0.496 e. The van der Waals surface area contributed by atoms with Crippen LogP contribution < -0.4 is 4.74 Å². The van der Waals surface area contributed by atoms with E-state index in [-0.39, 0.29) is 12.0 Å². The fourth-order valence-corrected chi connectivity index (χ4v) is 2.30. The van der Waals surface area contributed by atoms with Gasteiger partial charge >= 0.3 is 6.18 Å². The van der Waals surface area contributed by atoms with Gasteiger partial charge in [-0.2, -0.15) is 18.4 Å². The summed E-state index contributed by atoms with van der Waals surface area (Å²) in [5, 5.41) is 8.94. The van der Waals surface area contributed by atoms with E-state index in [1.165, 1.54) is 13.2 Å². The minimum absolute atomic E-state index is 0.211. The van der Waals surface area contributed by atoms with Crippen LogP contribution in [0.4, 0.5) is 13.2 Å². The van der Waals surface area contributed by atoms with Crippen molar-refractivity contribution < 1.29 is 17.9 Å². The van der Waals surface area contributed by atoms with Crippen LogP contribution in [-0.4, -0.2) is 7.11 Å². The van der Waals surface area contributed by atoms with E-state index in [0.717, 1.165) is 6.07 Å². The highest BCUT2D eigenvalue weighted by atomic mass is 19.4. The SMILES string of the molecule is COc1ccc(C(F)(F)F)c2c1C(C#N)CC2. The molecule has 0 spiro atoms. The predicted molar refractivity (Wildman–Crippen MR) is 54.7 cm³/mol. The third-order valence-corrected chi connectivity index (χ3v) is 3.03. The van der Waals surface area contributed by atoms with Gasteiger partial charge < -0.3 is 4.74 Å². The van der Waals surface area contributed by atoms with Crippen LogP contribution in [0.3, 0.4) is 0 Å². The quantitative estimate of drug-likeness (QED) is 0.756. The molecule has 0 aliphatic heterocycles. The summed E-state index contributed by atoms with van der Waals surface area (Å²) in [7, 11) is 1.40. The van der Waals surface area contributed by atoms with E-state index in [0.29, 0.717) is 17.7 Å². The van der Waals surface area contributed by atoms with Crippen LogP contribution in [-0.2, 0) is 12.6 Å². The molecule has 0 bridgehead atoms. The molecule has 1 atom stereocenters. The Hall–Kier alpha value is -1.70. The molecule has 0 amide bonds. The number of rotatable bonds is 1. The van der Waals surface area contributed by atoms with Gasteiger partial charge in [0.25, 0.3) is 0 Å². The summed E-state index contributed by atoms with van der Waals surface area (Å²) < 4.78 is 43.4. The topological polar surface area (TPSA) is 33.0 Å². The molecular weight excluding hydrogens is 231 g/mol. The van der Waals surface area contributed by atoms with E-state index >= 15 is 0 Å². The zero-order valence-electron chi connectivity index (χ0n) is 9.14. The number of nitrogens with zero attached hydrogens (tertiary/aromatic N) is 1. The van der Waals surface area contributed by atoms with Crippen molar-refractivity contribution in [2.75, 3.05) is 7.11 Å². The minimum Gasteiger partial charge on any atom is -0.496 e. The third-order valence-electron chi connectivity index (χ3n) is 3.03. The monoisotopic (exact) mass is 241 g/mol. The standard InChI is InChI=1S/C12H10F3NO/c1-17-10-5-4-9(12(13,14)15)8-3-2-7(6-16)11(8)10/h4-5,7H,2-3H2,1H3. The second-order valence-corrected chi connectivity index (χ2v) is 3.93. The lowest BCUT2D eigenvalue weighted by Gasteiger charge is -2.15. The van der Waals surface area contributed by atoms with Gasteiger partial charge in [-0.15, -0.1) is 0 Å². The number of ether oxygens (including phenoxy) is 1. The molecule has 0 saturated carbocycles. The van der Waals surface area contributed by atoms with Crippen molar-refractivity contribution in [3.8, 4) is 11.8 Å². The first-order valence-electron chi connectivity index (χ1n) is 5.15. The first-order chi connectivity index (χ1) is 7.99. The lowest BCUT2D eigenvalue weighted by molar-refractivity contribution is -0.138. The van der Waals surface area contributed by atoms with E-state index in [4.69, 9.17) is 10.00 Å². The summed E-state index contributed by atoms with van der Waals surface area (Å²) in [6, 6.07) is 4.34. The molecule has 2 nitrogen and oxygen atoms in total. The maximum Gasteiger partial charge on any atom is 0.416 e. The molecule has 0 radical (unpaired) electrons. The summed E-state index contributed by atoms with van der Waals surface area (Å²) in [6.07, 6.45) is -3.67. The summed E-state index contributed by atoms with van der Waals surface area (Å²) >= 11 is 0. The maximum absolute atomic E-state index is 12.8. The fraction of sp³-hybridized carbons (Fsp3) is 0.417. The van der Waals surface area contributed by atoms with Crippen LogP contribution >= 0.6 is 0 Å². The van der Waals surface area contributed by atoms with Crippen LogP contribution in [0.15, 0.2) is 12.1 Å². The molecule has 0 N–H and O–H groups in total. The number of nitriles is 1. The van der Waals surface area contributed by atoms with Crippen molar-refractivity contribution >= 4 is 0 Å². The molecule has 1 unspecified atom stereocenters. The van der Waals surface area contributed by atoms with Gasteiger partial charge in [0.15, 0.2) is 0 Å². The Kier molecular flexibility index (Phi) is 2.74. The second-order valence-electron chi connectivity index (χ2n) is 3.93. The van der Waals surface area contributed by atoms with Crippen molar-refractivity contribution in [3.63, 3.8) is 0 Å². The second kappa shape index (κ2) is 3.95. The average Bonchev–Trinajstić information content (AvgIpc) is 2.69. The lowest BCUT2D eigenvalue weighted by Crippen LogP contribution is -2.09.